The maximum absolute atomic E-state index is 11.6. The summed E-state index contributed by atoms with van der Waals surface area (Å²) >= 11 is 0. The fourth-order valence-corrected chi connectivity index (χ4v) is 3.39. The van der Waals surface area contributed by atoms with Crippen LogP contribution in [-0.4, -0.2) is 13.1 Å². The summed E-state index contributed by atoms with van der Waals surface area (Å²) in [5.74, 6) is 6.26. The SMILES string of the molecule is CC#C[C@@H](CC(=O)OC)c1ccc(OC2CCc3cc(C#N)ccc32)cc1. The number of benzene rings is 2. The molecule has 4 nitrogen and oxygen atoms in total. The first-order valence-electron chi connectivity index (χ1n) is 8.93. The molecule has 0 aliphatic heterocycles. The molecule has 0 saturated heterocycles. The van der Waals surface area contributed by atoms with E-state index in [4.69, 9.17) is 14.7 Å². The molecule has 1 aliphatic rings. The van der Waals surface area contributed by atoms with Crippen LogP contribution in [0.4, 0.5) is 0 Å². The minimum Gasteiger partial charge on any atom is -0.486 e. The Morgan fingerprint density at radius 3 is 2.70 bits per heavy atom. The fraction of sp³-hybridized carbons (Fsp3) is 0.304. The summed E-state index contributed by atoms with van der Waals surface area (Å²) in [6.45, 7) is 1.76. The highest BCUT2D eigenvalue weighted by Gasteiger charge is 2.24. The Bertz CT molecular complexity index is 929. The van der Waals surface area contributed by atoms with E-state index in [1.807, 2.05) is 42.5 Å². The first kappa shape index (κ1) is 18.5. The van der Waals surface area contributed by atoms with Gasteiger partial charge in [-0.2, -0.15) is 5.26 Å². The summed E-state index contributed by atoms with van der Waals surface area (Å²) in [6.07, 6.45) is 2.05. The Morgan fingerprint density at radius 2 is 2.04 bits per heavy atom. The van der Waals surface area contributed by atoms with Crippen molar-refractivity contribution >= 4 is 5.97 Å². The molecular formula is C23H21NO3. The minimum atomic E-state index is -0.276. The van der Waals surface area contributed by atoms with E-state index in [0.29, 0.717) is 5.56 Å². The number of ether oxygens (including phenoxy) is 2. The molecule has 27 heavy (non-hydrogen) atoms. The van der Waals surface area contributed by atoms with E-state index in [-0.39, 0.29) is 24.4 Å². The number of hydrogen-bond donors (Lipinski definition) is 0. The van der Waals surface area contributed by atoms with Gasteiger partial charge in [-0.15, -0.1) is 5.92 Å². The summed E-state index contributed by atoms with van der Waals surface area (Å²) in [5, 5.41) is 9.03. The Hall–Kier alpha value is -3.24. The summed E-state index contributed by atoms with van der Waals surface area (Å²) in [4.78, 5) is 11.6. The number of rotatable bonds is 5. The van der Waals surface area contributed by atoms with E-state index in [1.165, 1.54) is 12.7 Å². The van der Waals surface area contributed by atoms with Crippen molar-refractivity contribution in [1.29, 1.82) is 5.26 Å². The molecule has 2 aromatic carbocycles. The lowest BCUT2D eigenvalue weighted by atomic mass is 9.96. The molecule has 4 heteroatoms. The second kappa shape index (κ2) is 8.43. The number of aryl methyl sites for hydroxylation is 1. The number of carbonyl (C=O) groups is 1. The quantitative estimate of drug-likeness (QED) is 0.590. The topological polar surface area (TPSA) is 59.3 Å². The van der Waals surface area contributed by atoms with Crippen molar-refractivity contribution < 1.29 is 14.3 Å². The standard InChI is InChI=1S/C23H21NO3/c1-3-4-18(14-23(25)26-2)17-6-9-20(10-7-17)27-22-12-8-19-13-16(15-24)5-11-21(19)22/h5-7,9-11,13,18,22H,8,12,14H2,1-2H3/t18-,22?/m0/s1. The van der Waals surface area contributed by atoms with Crippen LogP contribution in [0, 0.1) is 23.2 Å². The van der Waals surface area contributed by atoms with E-state index < -0.39 is 0 Å². The van der Waals surface area contributed by atoms with Crippen molar-refractivity contribution in [1.82, 2.24) is 0 Å². The predicted molar refractivity (Wildman–Crippen MR) is 102 cm³/mol. The summed E-state index contributed by atoms with van der Waals surface area (Å²) in [6, 6.07) is 15.7. The van der Waals surface area contributed by atoms with E-state index in [9.17, 15) is 4.79 Å². The number of esters is 1. The maximum Gasteiger partial charge on any atom is 0.307 e. The van der Waals surface area contributed by atoms with Gasteiger partial charge in [0.15, 0.2) is 0 Å². The third-order valence-corrected chi connectivity index (χ3v) is 4.77. The zero-order valence-corrected chi connectivity index (χ0v) is 15.5. The number of carbonyl (C=O) groups excluding carboxylic acids is 1. The normalized spacial score (nSPS) is 15.7. The summed E-state index contributed by atoms with van der Waals surface area (Å²) in [5.41, 5.74) is 3.99. The van der Waals surface area contributed by atoms with Crippen LogP contribution in [-0.2, 0) is 16.0 Å². The molecule has 0 radical (unpaired) electrons. The first-order valence-corrected chi connectivity index (χ1v) is 8.93. The molecule has 0 aromatic heterocycles. The van der Waals surface area contributed by atoms with Crippen LogP contribution in [0.2, 0.25) is 0 Å². The fourth-order valence-electron chi connectivity index (χ4n) is 3.39. The zero-order chi connectivity index (χ0) is 19.2. The van der Waals surface area contributed by atoms with Crippen molar-refractivity contribution in [3.05, 3.63) is 64.7 Å². The van der Waals surface area contributed by atoms with Crippen LogP contribution < -0.4 is 4.74 Å². The molecule has 0 amide bonds. The van der Waals surface area contributed by atoms with Crippen LogP contribution in [0.3, 0.4) is 0 Å². The number of nitrogens with zero attached hydrogens (tertiary/aromatic N) is 1. The monoisotopic (exact) mass is 359 g/mol. The van der Waals surface area contributed by atoms with Gasteiger partial charge in [0.05, 0.1) is 31.1 Å². The first-order chi connectivity index (χ1) is 13.1. The minimum absolute atomic E-state index is 0.0000996. The van der Waals surface area contributed by atoms with Gasteiger partial charge < -0.3 is 9.47 Å². The molecule has 136 valence electrons. The lowest BCUT2D eigenvalue weighted by Gasteiger charge is -2.16. The molecule has 1 aliphatic carbocycles. The summed E-state index contributed by atoms with van der Waals surface area (Å²) < 4.78 is 10.9. The summed E-state index contributed by atoms with van der Waals surface area (Å²) in [7, 11) is 1.38. The van der Waals surface area contributed by atoms with Crippen molar-refractivity contribution in [3.8, 4) is 23.7 Å². The molecule has 0 saturated carbocycles. The van der Waals surface area contributed by atoms with Gasteiger partial charge in [-0.3, -0.25) is 4.79 Å². The molecule has 2 atom stereocenters. The van der Waals surface area contributed by atoms with Gasteiger partial charge in [0.2, 0.25) is 0 Å². The van der Waals surface area contributed by atoms with Crippen molar-refractivity contribution in [3.63, 3.8) is 0 Å². The lowest BCUT2D eigenvalue weighted by Crippen LogP contribution is -2.08. The van der Waals surface area contributed by atoms with E-state index in [1.54, 1.807) is 6.92 Å². The van der Waals surface area contributed by atoms with Crippen molar-refractivity contribution in [2.24, 2.45) is 0 Å². The molecule has 0 spiro atoms. The van der Waals surface area contributed by atoms with Gasteiger partial charge in [0, 0.05) is 0 Å². The Balaban J connectivity index is 1.72. The van der Waals surface area contributed by atoms with Crippen LogP contribution in [0.25, 0.3) is 0 Å². The predicted octanol–water partition coefficient (Wildman–Crippen LogP) is 4.29. The highest BCUT2D eigenvalue weighted by molar-refractivity contribution is 5.71. The molecule has 0 heterocycles. The van der Waals surface area contributed by atoms with Gasteiger partial charge in [-0.1, -0.05) is 24.1 Å². The van der Waals surface area contributed by atoms with Gasteiger partial charge in [-0.25, -0.2) is 0 Å². The molecule has 1 unspecified atom stereocenters. The number of methoxy groups -OCH3 is 1. The Morgan fingerprint density at radius 1 is 1.26 bits per heavy atom. The second-order valence-electron chi connectivity index (χ2n) is 6.47. The molecule has 0 bridgehead atoms. The van der Waals surface area contributed by atoms with Gasteiger partial charge >= 0.3 is 5.97 Å². The smallest absolute Gasteiger partial charge is 0.307 e. The van der Waals surface area contributed by atoms with E-state index >= 15 is 0 Å². The van der Waals surface area contributed by atoms with Gasteiger partial charge in [0.25, 0.3) is 0 Å². The average Bonchev–Trinajstić information content (AvgIpc) is 3.10. The number of nitriles is 1. The van der Waals surface area contributed by atoms with Crippen LogP contribution in [0.5, 0.6) is 5.75 Å². The van der Waals surface area contributed by atoms with Crippen LogP contribution >= 0.6 is 0 Å². The van der Waals surface area contributed by atoms with Gasteiger partial charge in [0.1, 0.15) is 11.9 Å². The van der Waals surface area contributed by atoms with Crippen LogP contribution in [0.15, 0.2) is 42.5 Å². The number of fused-ring (bicyclic) bond motifs is 1. The van der Waals surface area contributed by atoms with Crippen molar-refractivity contribution in [2.75, 3.05) is 7.11 Å². The van der Waals surface area contributed by atoms with Crippen LogP contribution in [0.1, 0.15) is 54.0 Å². The largest absolute Gasteiger partial charge is 0.486 e. The van der Waals surface area contributed by atoms with Gasteiger partial charge in [-0.05, 0) is 60.7 Å². The molecule has 0 N–H and O–H groups in total. The maximum atomic E-state index is 11.6. The molecule has 3 rings (SSSR count). The average molecular weight is 359 g/mol. The Labute approximate surface area is 159 Å². The molecular weight excluding hydrogens is 338 g/mol. The third kappa shape index (κ3) is 4.30. The molecule has 0 fully saturated rings. The third-order valence-electron chi connectivity index (χ3n) is 4.77. The Kier molecular flexibility index (Phi) is 5.79. The number of hydrogen-bond acceptors (Lipinski definition) is 4. The second-order valence-corrected chi connectivity index (χ2v) is 6.47. The lowest BCUT2D eigenvalue weighted by molar-refractivity contribution is -0.140. The molecule has 2 aromatic rings. The van der Waals surface area contributed by atoms with Crippen molar-refractivity contribution in [2.45, 2.75) is 38.2 Å². The van der Waals surface area contributed by atoms with E-state index in [0.717, 1.165) is 29.7 Å². The highest BCUT2D eigenvalue weighted by atomic mass is 16.5. The zero-order valence-electron chi connectivity index (χ0n) is 15.5. The highest BCUT2D eigenvalue weighted by Crippen LogP contribution is 2.35. The van der Waals surface area contributed by atoms with E-state index in [2.05, 4.69) is 17.9 Å².